The van der Waals surface area contributed by atoms with E-state index in [9.17, 15) is 19.7 Å². The van der Waals surface area contributed by atoms with Gasteiger partial charge in [-0.25, -0.2) is 0 Å². The fraction of sp³-hybridized carbons (Fsp3) is 0.500. The molecule has 0 unspecified atom stereocenters. The van der Waals surface area contributed by atoms with Crippen LogP contribution in [-0.2, 0) is 14.3 Å². The van der Waals surface area contributed by atoms with Crippen molar-refractivity contribution >= 4 is 29.3 Å². The molecule has 8 heteroatoms. The van der Waals surface area contributed by atoms with E-state index in [0.29, 0.717) is 0 Å². The molecule has 1 aliphatic carbocycles. The quantitative estimate of drug-likeness (QED) is 0.351. The highest BCUT2D eigenvalue weighted by molar-refractivity contribution is 8.00. The molecule has 1 amide bonds. The first-order valence-electron chi connectivity index (χ1n) is 7.83. The number of carbonyl (C=O) groups excluding carboxylic acids is 2. The van der Waals surface area contributed by atoms with E-state index in [0.717, 1.165) is 30.6 Å². The molecule has 1 atom stereocenters. The van der Waals surface area contributed by atoms with Crippen molar-refractivity contribution in [2.24, 2.45) is 0 Å². The molecule has 2 rings (SSSR count). The first-order valence-corrected chi connectivity index (χ1v) is 8.81. The molecule has 24 heavy (non-hydrogen) atoms. The van der Waals surface area contributed by atoms with Gasteiger partial charge in [0.15, 0.2) is 6.10 Å². The maximum absolute atomic E-state index is 12.0. The average Bonchev–Trinajstić information content (AvgIpc) is 3.06. The highest BCUT2D eigenvalue weighted by Gasteiger charge is 2.23. The summed E-state index contributed by atoms with van der Waals surface area (Å²) >= 11 is 1.21. The second-order valence-electron chi connectivity index (χ2n) is 5.66. The SMILES string of the molecule is C[C@H](OC(=O)CSc1ccc([N+](=O)[O-])cc1)C(=O)NC1CCCC1. The Balaban J connectivity index is 1.73. The Bertz CT molecular complexity index is 599. The molecule has 0 aromatic heterocycles. The Labute approximate surface area is 144 Å². The molecule has 1 aliphatic rings. The lowest BCUT2D eigenvalue weighted by Gasteiger charge is -2.17. The number of rotatable bonds is 7. The number of hydrogen-bond donors (Lipinski definition) is 1. The summed E-state index contributed by atoms with van der Waals surface area (Å²) in [4.78, 5) is 34.6. The van der Waals surface area contributed by atoms with Gasteiger partial charge < -0.3 is 10.1 Å². The number of thioether (sulfide) groups is 1. The number of ether oxygens (including phenoxy) is 1. The van der Waals surface area contributed by atoms with Crippen LogP contribution in [0.4, 0.5) is 5.69 Å². The largest absolute Gasteiger partial charge is 0.452 e. The first-order chi connectivity index (χ1) is 11.5. The van der Waals surface area contributed by atoms with Crippen LogP contribution in [0.5, 0.6) is 0 Å². The van der Waals surface area contributed by atoms with Crippen molar-refractivity contribution in [2.45, 2.75) is 49.6 Å². The van der Waals surface area contributed by atoms with E-state index in [4.69, 9.17) is 4.74 Å². The van der Waals surface area contributed by atoms with Crippen LogP contribution in [0.3, 0.4) is 0 Å². The monoisotopic (exact) mass is 352 g/mol. The molecule has 1 aromatic carbocycles. The van der Waals surface area contributed by atoms with E-state index >= 15 is 0 Å². The molecule has 7 nitrogen and oxygen atoms in total. The van der Waals surface area contributed by atoms with Crippen molar-refractivity contribution in [2.75, 3.05) is 5.75 Å². The van der Waals surface area contributed by atoms with Gasteiger partial charge in [-0.05, 0) is 31.9 Å². The Morgan fingerprint density at radius 1 is 1.33 bits per heavy atom. The van der Waals surface area contributed by atoms with Gasteiger partial charge in [-0.1, -0.05) is 12.8 Å². The fourth-order valence-corrected chi connectivity index (χ4v) is 3.16. The molecular weight excluding hydrogens is 332 g/mol. The molecular formula is C16H20N2O5S. The zero-order valence-corrected chi connectivity index (χ0v) is 14.2. The lowest BCUT2D eigenvalue weighted by Crippen LogP contribution is -2.41. The minimum Gasteiger partial charge on any atom is -0.452 e. The maximum Gasteiger partial charge on any atom is 0.317 e. The molecule has 1 fully saturated rings. The van der Waals surface area contributed by atoms with Crippen molar-refractivity contribution < 1.29 is 19.2 Å². The van der Waals surface area contributed by atoms with Crippen LogP contribution in [0.1, 0.15) is 32.6 Å². The number of benzene rings is 1. The number of non-ortho nitro benzene ring substituents is 1. The molecule has 130 valence electrons. The van der Waals surface area contributed by atoms with Gasteiger partial charge >= 0.3 is 5.97 Å². The van der Waals surface area contributed by atoms with Crippen molar-refractivity contribution in [1.82, 2.24) is 5.32 Å². The predicted octanol–water partition coefficient (Wildman–Crippen LogP) is 2.68. The fourth-order valence-electron chi connectivity index (χ4n) is 2.48. The number of nitro benzene ring substituents is 1. The van der Waals surface area contributed by atoms with Gasteiger partial charge in [0.05, 0.1) is 10.7 Å². The van der Waals surface area contributed by atoms with Gasteiger partial charge in [-0.2, -0.15) is 0 Å². The van der Waals surface area contributed by atoms with E-state index in [-0.39, 0.29) is 23.4 Å². The zero-order valence-electron chi connectivity index (χ0n) is 13.4. The molecule has 0 bridgehead atoms. The van der Waals surface area contributed by atoms with Gasteiger partial charge in [0, 0.05) is 23.1 Å². The highest BCUT2D eigenvalue weighted by Crippen LogP contribution is 2.21. The van der Waals surface area contributed by atoms with E-state index in [2.05, 4.69) is 5.32 Å². The lowest BCUT2D eigenvalue weighted by molar-refractivity contribution is -0.384. The number of hydrogen-bond acceptors (Lipinski definition) is 6. The Hall–Kier alpha value is -2.09. The molecule has 0 aliphatic heterocycles. The number of nitrogens with zero attached hydrogens (tertiary/aromatic N) is 1. The van der Waals surface area contributed by atoms with E-state index < -0.39 is 17.0 Å². The van der Waals surface area contributed by atoms with Gasteiger partial charge in [0.1, 0.15) is 0 Å². The molecule has 0 heterocycles. The van der Waals surface area contributed by atoms with Crippen LogP contribution in [0.15, 0.2) is 29.2 Å². The third-order valence-corrected chi connectivity index (χ3v) is 4.77. The summed E-state index contributed by atoms with van der Waals surface area (Å²) in [5, 5.41) is 13.5. The van der Waals surface area contributed by atoms with Gasteiger partial charge in [-0.3, -0.25) is 19.7 Å². The third kappa shape index (κ3) is 5.52. The van der Waals surface area contributed by atoms with Gasteiger partial charge in [0.25, 0.3) is 11.6 Å². The second kappa shape index (κ2) is 8.68. The van der Waals surface area contributed by atoms with E-state index in [1.807, 2.05) is 0 Å². The molecule has 0 radical (unpaired) electrons. The third-order valence-electron chi connectivity index (χ3n) is 3.78. The van der Waals surface area contributed by atoms with Crippen molar-refractivity contribution in [3.8, 4) is 0 Å². The summed E-state index contributed by atoms with van der Waals surface area (Å²) < 4.78 is 5.13. The summed E-state index contributed by atoms with van der Waals surface area (Å²) in [7, 11) is 0. The predicted molar refractivity (Wildman–Crippen MR) is 89.8 cm³/mol. The molecule has 1 aromatic rings. The lowest BCUT2D eigenvalue weighted by atomic mass is 10.2. The summed E-state index contributed by atoms with van der Waals surface area (Å²) in [6, 6.07) is 6.10. The normalized spacial score (nSPS) is 15.7. The molecule has 1 saturated carbocycles. The Morgan fingerprint density at radius 2 is 1.96 bits per heavy atom. The Morgan fingerprint density at radius 3 is 2.54 bits per heavy atom. The molecule has 0 spiro atoms. The van der Waals surface area contributed by atoms with Crippen LogP contribution in [-0.4, -0.2) is 34.7 Å². The minimum absolute atomic E-state index is 0.000803. The number of nitrogens with one attached hydrogen (secondary N) is 1. The number of carbonyl (C=O) groups is 2. The topological polar surface area (TPSA) is 98.5 Å². The van der Waals surface area contributed by atoms with Crippen LogP contribution in [0, 0.1) is 10.1 Å². The smallest absolute Gasteiger partial charge is 0.317 e. The summed E-state index contributed by atoms with van der Waals surface area (Å²) in [6.45, 7) is 1.55. The first kappa shape index (κ1) is 18.3. The van der Waals surface area contributed by atoms with Gasteiger partial charge in [-0.15, -0.1) is 11.8 Å². The minimum atomic E-state index is -0.824. The van der Waals surface area contributed by atoms with Gasteiger partial charge in [0.2, 0.25) is 0 Å². The van der Waals surface area contributed by atoms with E-state index in [1.54, 1.807) is 19.1 Å². The van der Waals surface area contributed by atoms with Crippen LogP contribution >= 0.6 is 11.8 Å². The molecule has 1 N–H and O–H groups in total. The average molecular weight is 352 g/mol. The van der Waals surface area contributed by atoms with Crippen LogP contribution in [0.25, 0.3) is 0 Å². The highest BCUT2D eigenvalue weighted by atomic mass is 32.2. The van der Waals surface area contributed by atoms with Crippen molar-refractivity contribution in [3.63, 3.8) is 0 Å². The zero-order chi connectivity index (χ0) is 17.5. The Kier molecular flexibility index (Phi) is 6.60. The summed E-state index contributed by atoms with van der Waals surface area (Å²) in [5.74, 6) is -0.721. The number of amides is 1. The second-order valence-corrected chi connectivity index (χ2v) is 6.71. The summed E-state index contributed by atoms with van der Waals surface area (Å²) in [6.07, 6.45) is 3.36. The van der Waals surface area contributed by atoms with E-state index in [1.165, 1.54) is 23.9 Å². The van der Waals surface area contributed by atoms with Crippen molar-refractivity contribution in [1.29, 1.82) is 0 Å². The standard InChI is InChI=1S/C16H20N2O5S/c1-11(16(20)17-12-4-2-3-5-12)23-15(19)10-24-14-8-6-13(7-9-14)18(21)22/h6-9,11-12H,2-5,10H2,1H3,(H,17,20)/t11-/m0/s1. The number of nitro groups is 1. The summed E-state index contributed by atoms with van der Waals surface area (Å²) in [5.41, 5.74) is -0.000803. The number of esters is 1. The van der Waals surface area contributed by atoms with Crippen LogP contribution in [0.2, 0.25) is 0 Å². The maximum atomic E-state index is 12.0. The van der Waals surface area contributed by atoms with Crippen molar-refractivity contribution in [3.05, 3.63) is 34.4 Å². The molecule has 0 saturated heterocycles. The van der Waals surface area contributed by atoms with Crippen LogP contribution < -0.4 is 5.32 Å².